The zero-order valence-electron chi connectivity index (χ0n) is 12.7. The average Bonchev–Trinajstić information content (AvgIpc) is 2.75. The second kappa shape index (κ2) is 6.85. The van der Waals surface area contributed by atoms with Crippen LogP contribution in [0.15, 0.2) is 35.2 Å². The minimum absolute atomic E-state index is 0.156. The number of aryl methyl sites for hydroxylation is 1. The van der Waals surface area contributed by atoms with Gasteiger partial charge in [-0.25, -0.2) is 0 Å². The van der Waals surface area contributed by atoms with Gasteiger partial charge in [0, 0.05) is 28.4 Å². The summed E-state index contributed by atoms with van der Waals surface area (Å²) in [7, 11) is 0. The van der Waals surface area contributed by atoms with Crippen LogP contribution in [0.2, 0.25) is 0 Å². The van der Waals surface area contributed by atoms with Crippen molar-refractivity contribution < 1.29 is 9.90 Å². The molecule has 1 aromatic carbocycles. The van der Waals surface area contributed by atoms with Crippen LogP contribution in [0.5, 0.6) is 5.75 Å². The molecule has 112 valence electrons. The first kappa shape index (κ1) is 15.7. The maximum absolute atomic E-state index is 12.4. The van der Waals surface area contributed by atoms with Crippen LogP contribution in [0.25, 0.3) is 0 Å². The van der Waals surface area contributed by atoms with Crippen LogP contribution >= 0.6 is 11.8 Å². The van der Waals surface area contributed by atoms with E-state index in [1.54, 1.807) is 12.1 Å². The second-order valence-electron chi connectivity index (χ2n) is 5.14. The minimum Gasteiger partial charge on any atom is -0.508 e. The van der Waals surface area contributed by atoms with Gasteiger partial charge in [0.1, 0.15) is 5.75 Å². The van der Waals surface area contributed by atoms with Crippen LogP contribution in [0.3, 0.4) is 0 Å². The Morgan fingerprint density at radius 2 is 1.90 bits per heavy atom. The van der Waals surface area contributed by atoms with Crippen molar-refractivity contribution in [2.45, 2.75) is 38.6 Å². The summed E-state index contributed by atoms with van der Waals surface area (Å²) in [6, 6.07) is 8.92. The molecule has 0 aliphatic rings. The molecule has 4 heteroatoms. The Bertz CT molecular complexity index is 629. The molecule has 0 fully saturated rings. The third-order valence-electron chi connectivity index (χ3n) is 3.53. The van der Waals surface area contributed by atoms with Gasteiger partial charge in [-0.3, -0.25) is 4.79 Å². The van der Waals surface area contributed by atoms with Gasteiger partial charge in [-0.1, -0.05) is 6.92 Å². The maximum atomic E-state index is 12.4. The fourth-order valence-corrected chi connectivity index (χ4v) is 3.20. The zero-order chi connectivity index (χ0) is 15.4. The first-order valence-electron chi connectivity index (χ1n) is 7.14. The molecular formula is C17H21NO2S. The summed E-state index contributed by atoms with van der Waals surface area (Å²) in [6.45, 7) is 7.16. The lowest BCUT2D eigenvalue weighted by Crippen LogP contribution is -2.06. The summed E-state index contributed by atoms with van der Waals surface area (Å²) < 4.78 is 2.21. The van der Waals surface area contributed by atoms with E-state index in [4.69, 9.17) is 0 Å². The Morgan fingerprint density at radius 3 is 2.52 bits per heavy atom. The summed E-state index contributed by atoms with van der Waals surface area (Å²) >= 11 is 1.50. The van der Waals surface area contributed by atoms with Gasteiger partial charge >= 0.3 is 0 Å². The molecule has 1 N–H and O–H groups in total. The SMILES string of the molecule is CCCn1c(C)cc(C(=O)CSc2ccc(O)cc2)c1C. The van der Waals surface area contributed by atoms with Gasteiger partial charge in [-0.2, -0.15) is 0 Å². The lowest BCUT2D eigenvalue weighted by molar-refractivity contribution is 0.102. The molecular weight excluding hydrogens is 282 g/mol. The third kappa shape index (κ3) is 3.70. The quantitative estimate of drug-likeness (QED) is 0.642. The number of carbonyl (C=O) groups excluding carboxylic acids is 1. The minimum atomic E-state index is 0.156. The lowest BCUT2D eigenvalue weighted by Gasteiger charge is -2.07. The summed E-state index contributed by atoms with van der Waals surface area (Å²) in [5.74, 6) is 0.818. The number of nitrogens with zero attached hydrogens (tertiary/aromatic N) is 1. The van der Waals surface area contributed by atoms with E-state index >= 15 is 0 Å². The number of benzene rings is 1. The third-order valence-corrected chi connectivity index (χ3v) is 4.54. The molecule has 0 aliphatic heterocycles. The average molecular weight is 303 g/mol. The Labute approximate surface area is 130 Å². The van der Waals surface area contributed by atoms with Crippen LogP contribution < -0.4 is 0 Å². The number of aromatic nitrogens is 1. The van der Waals surface area contributed by atoms with Crippen LogP contribution in [0.4, 0.5) is 0 Å². The molecule has 21 heavy (non-hydrogen) atoms. The van der Waals surface area contributed by atoms with E-state index in [1.165, 1.54) is 11.8 Å². The van der Waals surface area contributed by atoms with Crippen LogP contribution in [0, 0.1) is 13.8 Å². The Hall–Kier alpha value is -1.68. The molecule has 0 unspecified atom stereocenters. The van der Waals surface area contributed by atoms with Crippen LogP contribution in [0.1, 0.15) is 35.1 Å². The van der Waals surface area contributed by atoms with Crippen LogP contribution in [-0.2, 0) is 6.54 Å². The summed E-state index contributed by atoms with van der Waals surface area (Å²) in [5.41, 5.74) is 3.03. The van der Waals surface area contributed by atoms with Crippen molar-refractivity contribution in [3.8, 4) is 5.75 Å². The standard InChI is InChI=1S/C17H21NO2S/c1-4-9-18-12(2)10-16(13(18)3)17(20)11-21-15-7-5-14(19)6-8-15/h5-8,10,19H,4,9,11H2,1-3H3. The van der Waals surface area contributed by atoms with E-state index in [-0.39, 0.29) is 11.5 Å². The highest BCUT2D eigenvalue weighted by molar-refractivity contribution is 8.00. The smallest absolute Gasteiger partial charge is 0.174 e. The molecule has 2 rings (SSSR count). The normalized spacial score (nSPS) is 10.8. The molecule has 1 heterocycles. The summed E-state index contributed by atoms with van der Waals surface area (Å²) in [5, 5.41) is 9.25. The van der Waals surface area contributed by atoms with Crippen molar-refractivity contribution in [2.75, 3.05) is 5.75 Å². The van der Waals surface area contributed by atoms with Gasteiger partial charge in [-0.05, 0) is 50.6 Å². The maximum Gasteiger partial charge on any atom is 0.174 e. The van der Waals surface area contributed by atoms with Gasteiger partial charge < -0.3 is 9.67 Å². The number of carbonyl (C=O) groups is 1. The molecule has 0 aliphatic carbocycles. The van der Waals surface area contributed by atoms with E-state index in [0.717, 1.165) is 34.8 Å². The second-order valence-corrected chi connectivity index (χ2v) is 6.19. The zero-order valence-corrected chi connectivity index (χ0v) is 13.5. The summed E-state index contributed by atoms with van der Waals surface area (Å²) in [4.78, 5) is 13.4. The molecule has 0 saturated heterocycles. The number of phenols is 1. The molecule has 2 aromatic rings. The van der Waals surface area contributed by atoms with Crippen LogP contribution in [-0.4, -0.2) is 21.2 Å². The largest absolute Gasteiger partial charge is 0.508 e. The predicted octanol–water partition coefficient (Wildman–Crippen LogP) is 4.20. The van der Waals surface area contributed by atoms with Gasteiger partial charge in [0.15, 0.2) is 5.78 Å². The molecule has 0 atom stereocenters. The highest BCUT2D eigenvalue weighted by Gasteiger charge is 2.15. The summed E-state index contributed by atoms with van der Waals surface area (Å²) in [6.07, 6.45) is 1.06. The van der Waals surface area contributed by atoms with E-state index in [9.17, 15) is 9.90 Å². The highest BCUT2D eigenvalue weighted by Crippen LogP contribution is 2.23. The van der Waals surface area contributed by atoms with Crippen molar-refractivity contribution >= 4 is 17.5 Å². The number of rotatable bonds is 6. The van der Waals surface area contributed by atoms with Crippen molar-refractivity contribution in [1.29, 1.82) is 0 Å². The number of hydrogen-bond donors (Lipinski definition) is 1. The molecule has 0 radical (unpaired) electrons. The first-order valence-corrected chi connectivity index (χ1v) is 8.13. The first-order chi connectivity index (χ1) is 10.0. The molecule has 0 bridgehead atoms. The molecule has 1 aromatic heterocycles. The Balaban J connectivity index is 2.07. The lowest BCUT2D eigenvalue weighted by atomic mass is 10.2. The number of thioether (sulfide) groups is 1. The number of phenolic OH excluding ortho intramolecular Hbond substituents is 1. The molecule has 0 amide bonds. The van der Waals surface area contributed by atoms with E-state index in [0.29, 0.717) is 5.75 Å². The molecule has 0 spiro atoms. The van der Waals surface area contributed by atoms with Gasteiger partial charge in [0.25, 0.3) is 0 Å². The van der Waals surface area contributed by atoms with E-state index in [1.807, 2.05) is 32.0 Å². The van der Waals surface area contributed by atoms with Crippen molar-refractivity contribution in [3.05, 3.63) is 47.3 Å². The fourth-order valence-electron chi connectivity index (χ4n) is 2.42. The highest BCUT2D eigenvalue weighted by atomic mass is 32.2. The Kier molecular flexibility index (Phi) is 5.12. The topological polar surface area (TPSA) is 42.2 Å². The van der Waals surface area contributed by atoms with Gasteiger partial charge in [0.05, 0.1) is 5.75 Å². The van der Waals surface area contributed by atoms with Crippen molar-refractivity contribution in [1.82, 2.24) is 4.57 Å². The van der Waals surface area contributed by atoms with E-state index < -0.39 is 0 Å². The van der Waals surface area contributed by atoms with Crippen molar-refractivity contribution in [2.24, 2.45) is 0 Å². The number of Topliss-reactive ketones (excluding diaryl/α,β-unsaturated/α-hetero) is 1. The number of hydrogen-bond acceptors (Lipinski definition) is 3. The molecule has 3 nitrogen and oxygen atoms in total. The number of aromatic hydroxyl groups is 1. The molecule has 0 saturated carbocycles. The van der Waals surface area contributed by atoms with Gasteiger partial charge in [0.2, 0.25) is 0 Å². The fraction of sp³-hybridized carbons (Fsp3) is 0.353. The number of ketones is 1. The Morgan fingerprint density at radius 1 is 1.24 bits per heavy atom. The van der Waals surface area contributed by atoms with E-state index in [2.05, 4.69) is 11.5 Å². The monoisotopic (exact) mass is 303 g/mol. The van der Waals surface area contributed by atoms with Crippen molar-refractivity contribution in [3.63, 3.8) is 0 Å². The van der Waals surface area contributed by atoms with Gasteiger partial charge in [-0.15, -0.1) is 11.8 Å². The predicted molar refractivity (Wildman–Crippen MR) is 87.4 cm³/mol.